The Bertz CT molecular complexity index is 199. The zero-order chi connectivity index (χ0) is 9.61. The van der Waals surface area contributed by atoms with Crippen molar-refractivity contribution < 1.29 is 5.11 Å². The summed E-state index contributed by atoms with van der Waals surface area (Å²) in [4.78, 5) is 3.91. The van der Waals surface area contributed by atoms with Crippen molar-refractivity contribution >= 4 is 6.21 Å². The van der Waals surface area contributed by atoms with E-state index >= 15 is 0 Å². The molecule has 0 saturated carbocycles. The fourth-order valence-corrected chi connectivity index (χ4v) is 0.476. The smallest absolute Gasteiger partial charge is 0.130 e. The Morgan fingerprint density at radius 1 is 1.75 bits per heavy atom. The van der Waals surface area contributed by atoms with E-state index in [-0.39, 0.29) is 6.54 Å². The number of aliphatic hydroxyl groups is 1. The van der Waals surface area contributed by atoms with Gasteiger partial charge in [-0.15, -0.1) is 0 Å². The number of hydrogen-bond donors (Lipinski definition) is 2. The Morgan fingerprint density at radius 3 is 2.75 bits per heavy atom. The molecule has 0 amide bonds. The fraction of sp³-hybridized carbons (Fsp3) is 0.444. The van der Waals surface area contributed by atoms with Gasteiger partial charge >= 0.3 is 0 Å². The van der Waals surface area contributed by atoms with Gasteiger partial charge in [-0.3, -0.25) is 4.99 Å². The van der Waals surface area contributed by atoms with Gasteiger partial charge < -0.3 is 10.8 Å². The lowest BCUT2D eigenvalue weighted by Gasteiger charge is -2.12. The van der Waals surface area contributed by atoms with E-state index in [0.29, 0.717) is 0 Å². The molecule has 0 unspecified atom stereocenters. The van der Waals surface area contributed by atoms with Crippen LogP contribution >= 0.6 is 0 Å². The van der Waals surface area contributed by atoms with Crippen LogP contribution in [0.3, 0.4) is 0 Å². The lowest BCUT2D eigenvalue weighted by molar-refractivity contribution is 0.0773. The SMILES string of the molecule is C=C/C(C)=C\C=NC[C@](C)(N)O. The normalized spacial score (nSPS) is 17.8. The maximum Gasteiger partial charge on any atom is 0.130 e. The van der Waals surface area contributed by atoms with Crippen LogP contribution in [-0.4, -0.2) is 23.6 Å². The number of nitrogens with zero attached hydrogens (tertiary/aromatic N) is 1. The Hall–Kier alpha value is -0.930. The summed E-state index contributed by atoms with van der Waals surface area (Å²) >= 11 is 0. The Morgan fingerprint density at radius 2 is 2.33 bits per heavy atom. The molecule has 12 heavy (non-hydrogen) atoms. The van der Waals surface area contributed by atoms with Crippen molar-refractivity contribution in [3.8, 4) is 0 Å². The first-order chi connectivity index (χ1) is 5.45. The van der Waals surface area contributed by atoms with Crippen LogP contribution in [0.4, 0.5) is 0 Å². The molecule has 0 aromatic rings. The molecule has 0 bridgehead atoms. The zero-order valence-corrected chi connectivity index (χ0v) is 7.62. The molecule has 1 atom stereocenters. The minimum Gasteiger partial charge on any atom is -0.374 e. The Balaban J connectivity index is 3.86. The minimum atomic E-state index is -1.22. The number of aliphatic imine (C=N–C) groups is 1. The van der Waals surface area contributed by atoms with Gasteiger partial charge in [0.25, 0.3) is 0 Å². The van der Waals surface area contributed by atoms with Crippen LogP contribution < -0.4 is 5.73 Å². The summed E-state index contributed by atoms with van der Waals surface area (Å²) in [6.45, 7) is 7.21. The molecule has 0 aliphatic carbocycles. The zero-order valence-electron chi connectivity index (χ0n) is 7.62. The number of allylic oxidation sites excluding steroid dienone is 3. The van der Waals surface area contributed by atoms with E-state index in [1.165, 1.54) is 6.92 Å². The summed E-state index contributed by atoms with van der Waals surface area (Å²) in [6.07, 6.45) is 5.14. The van der Waals surface area contributed by atoms with E-state index in [4.69, 9.17) is 10.8 Å². The molecule has 0 heterocycles. The van der Waals surface area contributed by atoms with E-state index in [1.54, 1.807) is 18.4 Å². The van der Waals surface area contributed by atoms with E-state index in [0.717, 1.165) is 5.57 Å². The van der Waals surface area contributed by atoms with Gasteiger partial charge in [-0.25, -0.2) is 0 Å². The van der Waals surface area contributed by atoms with Crippen molar-refractivity contribution in [2.24, 2.45) is 10.7 Å². The number of nitrogens with two attached hydrogens (primary N) is 1. The third kappa shape index (κ3) is 7.18. The maximum absolute atomic E-state index is 9.06. The van der Waals surface area contributed by atoms with Crippen LogP contribution in [-0.2, 0) is 0 Å². The monoisotopic (exact) mass is 168 g/mol. The molecule has 0 rings (SSSR count). The molecule has 0 saturated heterocycles. The third-order valence-electron chi connectivity index (χ3n) is 1.18. The molecule has 0 aliphatic heterocycles. The Kier molecular flexibility index (Phi) is 4.47. The predicted octanol–water partition coefficient (Wildman–Crippen LogP) is 0.857. The summed E-state index contributed by atoms with van der Waals surface area (Å²) in [5.74, 6) is 0. The van der Waals surface area contributed by atoms with Gasteiger partial charge in [0.1, 0.15) is 5.72 Å². The summed E-state index contributed by atoms with van der Waals surface area (Å²) in [7, 11) is 0. The minimum absolute atomic E-state index is 0.202. The van der Waals surface area contributed by atoms with Crippen molar-refractivity contribution in [1.29, 1.82) is 0 Å². The summed E-state index contributed by atoms with van der Waals surface area (Å²) < 4.78 is 0. The van der Waals surface area contributed by atoms with Crippen molar-refractivity contribution in [1.82, 2.24) is 0 Å². The fourth-order valence-electron chi connectivity index (χ4n) is 0.476. The van der Waals surface area contributed by atoms with Crippen LogP contribution in [0.1, 0.15) is 13.8 Å². The highest BCUT2D eigenvalue weighted by molar-refractivity contribution is 5.72. The van der Waals surface area contributed by atoms with Crippen LogP contribution in [0, 0.1) is 0 Å². The van der Waals surface area contributed by atoms with Crippen molar-refractivity contribution in [2.75, 3.05) is 6.54 Å². The highest BCUT2D eigenvalue weighted by atomic mass is 16.3. The van der Waals surface area contributed by atoms with Gasteiger partial charge in [-0.2, -0.15) is 0 Å². The average Bonchev–Trinajstić information content (AvgIpc) is 1.96. The standard InChI is InChI=1S/C9H16N2O/c1-4-8(2)5-6-11-7-9(3,10)12/h4-6,12H,1,7,10H2,2-3H3/b8-5-,11-6?/t9-/m1/s1. The highest BCUT2D eigenvalue weighted by Gasteiger charge is 2.09. The Labute approximate surface area is 73.3 Å². The van der Waals surface area contributed by atoms with Crippen LogP contribution in [0.2, 0.25) is 0 Å². The second kappa shape index (κ2) is 4.85. The van der Waals surface area contributed by atoms with Crippen molar-refractivity contribution in [3.63, 3.8) is 0 Å². The molecule has 0 aromatic carbocycles. The largest absolute Gasteiger partial charge is 0.374 e. The average molecular weight is 168 g/mol. The molecule has 3 N–H and O–H groups in total. The van der Waals surface area contributed by atoms with E-state index < -0.39 is 5.72 Å². The molecule has 68 valence electrons. The molecule has 0 spiro atoms. The maximum atomic E-state index is 9.06. The first-order valence-electron chi connectivity index (χ1n) is 3.76. The van der Waals surface area contributed by atoms with Gasteiger partial charge in [0.05, 0.1) is 6.54 Å². The molecular formula is C9H16N2O. The van der Waals surface area contributed by atoms with Gasteiger partial charge in [-0.1, -0.05) is 18.2 Å². The molecule has 0 radical (unpaired) electrons. The van der Waals surface area contributed by atoms with Crippen molar-refractivity contribution in [3.05, 3.63) is 24.3 Å². The highest BCUT2D eigenvalue weighted by Crippen LogP contribution is 1.93. The van der Waals surface area contributed by atoms with E-state index in [9.17, 15) is 0 Å². The summed E-state index contributed by atoms with van der Waals surface area (Å²) in [6, 6.07) is 0. The molecule has 0 aromatic heterocycles. The first kappa shape index (κ1) is 11.1. The molecule has 0 fully saturated rings. The quantitative estimate of drug-likeness (QED) is 0.371. The van der Waals surface area contributed by atoms with Gasteiger partial charge in [0.15, 0.2) is 0 Å². The first-order valence-corrected chi connectivity index (χ1v) is 3.76. The van der Waals surface area contributed by atoms with Crippen molar-refractivity contribution in [2.45, 2.75) is 19.6 Å². The van der Waals surface area contributed by atoms with Gasteiger partial charge in [0, 0.05) is 6.21 Å². The lowest BCUT2D eigenvalue weighted by Crippen LogP contribution is -2.38. The van der Waals surface area contributed by atoms with Crippen LogP contribution in [0.25, 0.3) is 0 Å². The van der Waals surface area contributed by atoms with E-state index in [1.807, 2.05) is 6.92 Å². The van der Waals surface area contributed by atoms with Crippen LogP contribution in [0.5, 0.6) is 0 Å². The predicted molar refractivity (Wildman–Crippen MR) is 52.1 cm³/mol. The van der Waals surface area contributed by atoms with Gasteiger partial charge in [-0.05, 0) is 19.9 Å². The number of rotatable bonds is 4. The number of hydrogen-bond acceptors (Lipinski definition) is 3. The van der Waals surface area contributed by atoms with E-state index in [2.05, 4.69) is 11.6 Å². The molecular weight excluding hydrogens is 152 g/mol. The molecule has 3 nitrogen and oxygen atoms in total. The van der Waals surface area contributed by atoms with Crippen LogP contribution in [0.15, 0.2) is 29.3 Å². The molecule has 3 heteroatoms. The third-order valence-corrected chi connectivity index (χ3v) is 1.18. The summed E-state index contributed by atoms with van der Waals surface area (Å²) in [5.41, 5.74) is 5.09. The van der Waals surface area contributed by atoms with Gasteiger partial charge in [0.2, 0.25) is 0 Å². The second-order valence-electron chi connectivity index (χ2n) is 2.96. The molecule has 0 aliphatic rings. The lowest BCUT2D eigenvalue weighted by atomic mass is 10.3. The second-order valence-corrected chi connectivity index (χ2v) is 2.96. The topological polar surface area (TPSA) is 58.6 Å². The summed E-state index contributed by atoms with van der Waals surface area (Å²) in [5, 5.41) is 9.06.